The monoisotopic (exact) mass is 406 g/mol. The van der Waals surface area contributed by atoms with Crippen LogP contribution in [0.2, 0.25) is 0 Å². The molecule has 3 heterocycles. The van der Waals surface area contributed by atoms with E-state index in [4.69, 9.17) is 4.84 Å². The van der Waals surface area contributed by atoms with Gasteiger partial charge >= 0.3 is 0 Å². The molecule has 2 aromatic rings. The number of fused-ring (bicyclic) bond motifs is 1. The van der Waals surface area contributed by atoms with Crippen molar-refractivity contribution in [2.75, 3.05) is 13.1 Å². The number of hydrogen-bond acceptors (Lipinski definition) is 4. The summed E-state index contributed by atoms with van der Waals surface area (Å²) in [5, 5.41) is 4.32. The molecule has 158 valence electrons. The number of amides is 1. The van der Waals surface area contributed by atoms with E-state index in [0.29, 0.717) is 29.5 Å². The summed E-state index contributed by atoms with van der Waals surface area (Å²) in [5.41, 5.74) is 2.92. The van der Waals surface area contributed by atoms with Crippen LogP contribution in [-0.2, 0) is 11.3 Å². The molecular weight excluding hydrogens is 376 g/mol. The number of carbonyl (C=O) groups is 1. The molecule has 2 aliphatic heterocycles. The Morgan fingerprint density at radius 3 is 2.63 bits per heavy atom. The van der Waals surface area contributed by atoms with Gasteiger partial charge in [0.2, 0.25) is 0 Å². The van der Waals surface area contributed by atoms with Gasteiger partial charge in [0, 0.05) is 37.7 Å². The summed E-state index contributed by atoms with van der Waals surface area (Å²) in [6.07, 6.45) is 6.66. The van der Waals surface area contributed by atoms with Crippen molar-refractivity contribution < 1.29 is 9.63 Å². The van der Waals surface area contributed by atoms with E-state index in [9.17, 15) is 4.79 Å². The van der Waals surface area contributed by atoms with E-state index in [1.54, 1.807) is 6.33 Å². The molecule has 5 rings (SSSR count). The molecule has 0 N–H and O–H groups in total. The maximum absolute atomic E-state index is 13.0. The minimum atomic E-state index is -0.175. The molecule has 3 atom stereocenters. The molecule has 1 aromatic carbocycles. The second-order valence-corrected chi connectivity index (χ2v) is 9.75. The molecule has 6 nitrogen and oxygen atoms in total. The Morgan fingerprint density at radius 2 is 1.97 bits per heavy atom. The van der Waals surface area contributed by atoms with Crippen LogP contribution in [-0.4, -0.2) is 44.8 Å². The third-order valence-electron chi connectivity index (χ3n) is 6.91. The van der Waals surface area contributed by atoms with Crippen LogP contribution in [0, 0.1) is 17.8 Å². The molecule has 0 bridgehead atoms. The van der Waals surface area contributed by atoms with Crippen molar-refractivity contribution in [2.45, 2.75) is 51.7 Å². The number of rotatable bonds is 6. The maximum Gasteiger partial charge on any atom is 0.274 e. The van der Waals surface area contributed by atoms with E-state index in [-0.39, 0.29) is 11.5 Å². The number of piperidine rings is 1. The smallest absolute Gasteiger partial charge is 0.274 e. The van der Waals surface area contributed by atoms with E-state index in [1.807, 2.05) is 17.2 Å². The Kier molecular flexibility index (Phi) is 4.68. The molecule has 1 saturated heterocycles. The first-order valence-corrected chi connectivity index (χ1v) is 11.0. The maximum atomic E-state index is 13.0. The lowest BCUT2D eigenvalue weighted by Gasteiger charge is -2.19. The van der Waals surface area contributed by atoms with Gasteiger partial charge in [0.05, 0.1) is 12.0 Å². The first-order chi connectivity index (χ1) is 14.4. The lowest BCUT2D eigenvalue weighted by molar-refractivity contribution is 0.0123. The van der Waals surface area contributed by atoms with Gasteiger partial charge in [-0.2, -0.15) is 0 Å². The molecule has 1 saturated carbocycles. The number of likely N-dealkylation sites (tertiary alicyclic amines) is 1. The number of oxime groups is 1. The van der Waals surface area contributed by atoms with Gasteiger partial charge in [-0.25, -0.2) is 4.98 Å². The highest BCUT2D eigenvalue weighted by atomic mass is 16.7. The summed E-state index contributed by atoms with van der Waals surface area (Å²) >= 11 is 0. The molecule has 0 radical (unpaired) electrons. The zero-order chi connectivity index (χ0) is 20.9. The van der Waals surface area contributed by atoms with E-state index >= 15 is 0 Å². The molecule has 0 spiro atoms. The largest absolute Gasteiger partial charge is 0.389 e. The summed E-state index contributed by atoms with van der Waals surface area (Å²) in [6, 6.07) is 10.8. The van der Waals surface area contributed by atoms with Gasteiger partial charge in [-0.05, 0) is 51.0 Å². The second-order valence-electron chi connectivity index (χ2n) is 9.75. The Bertz CT molecular complexity index is 953. The zero-order valence-electron chi connectivity index (χ0n) is 18.0. The third kappa shape index (κ3) is 3.64. The van der Waals surface area contributed by atoms with Gasteiger partial charge in [-0.1, -0.05) is 35.5 Å². The van der Waals surface area contributed by atoms with Gasteiger partial charge in [-0.15, -0.1) is 0 Å². The van der Waals surface area contributed by atoms with Gasteiger partial charge in [-0.3, -0.25) is 4.79 Å². The first-order valence-electron chi connectivity index (χ1n) is 11.0. The number of nitrogens with zero attached hydrogens (tertiary/aromatic N) is 4. The van der Waals surface area contributed by atoms with E-state index < -0.39 is 0 Å². The average Bonchev–Trinajstić information content (AvgIpc) is 3.17. The average molecular weight is 407 g/mol. The van der Waals surface area contributed by atoms with Gasteiger partial charge in [0.15, 0.2) is 0 Å². The Labute approximate surface area is 177 Å². The van der Waals surface area contributed by atoms with Crippen LogP contribution in [0.15, 0.2) is 48.0 Å². The second kappa shape index (κ2) is 7.25. The van der Waals surface area contributed by atoms with Crippen LogP contribution < -0.4 is 0 Å². The fourth-order valence-corrected chi connectivity index (χ4v) is 5.07. The highest BCUT2D eigenvalue weighted by Gasteiger charge is 2.60. The molecule has 1 amide bonds. The predicted molar refractivity (Wildman–Crippen MR) is 115 cm³/mol. The Balaban J connectivity index is 1.14. The van der Waals surface area contributed by atoms with Crippen molar-refractivity contribution >= 4 is 11.6 Å². The van der Waals surface area contributed by atoms with Crippen molar-refractivity contribution in [2.24, 2.45) is 22.9 Å². The normalized spacial score (nSPS) is 27.4. The molecule has 1 aromatic heterocycles. The van der Waals surface area contributed by atoms with Crippen molar-refractivity contribution in [3.8, 4) is 0 Å². The molecule has 1 aliphatic carbocycles. The highest BCUT2D eigenvalue weighted by molar-refractivity contribution is 5.94. The fourth-order valence-electron chi connectivity index (χ4n) is 5.07. The van der Waals surface area contributed by atoms with Crippen LogP contribution in [0.25, 0.3) is 0 Å². The minimum absolute atomic E-state index is 0.0555. The van der Waals surface area contributed by atoms with Crippen LogP contribution in [0.3, 0.4) is 0 Å². The summed E-state index contributed by atoms with van der Waals surface area (Å²) in [4.78, 5) is 24.9. The number of aromatic nitrogens is 2. The van der Waals surface area contributed by atoms with E-state index in [1.165, 1.54) is 11.3 Å². The summed E-state index contributed by atoms with van der Waals surface area (Å²) in [7, 11) is 0. The van der Waals surface area contributed by atoms with Gasteiger partial charge in [0.1, 0.15) is 11.3 Å². The fraction of sp³-hybridized carbons (Fsp3) is 0.542. The highest BCUT2D eigenvalue weighted by Crippen LogP contribution is 2.54. The SMILES string of the molecule is C[C@@H](CCc1ccccc1)n1cnc(C(=O)N2CC3C(C2)C3C2=NOC(C)(C)C2)c1. The summed E-state index contributed by atoms with van der Waals surface area (Å²) in [5.74, 6) is 1.64. The lowest BCUT2D eigenvalue weighted by Crippen LogP contribution is -2.33. The molecule has 2 fully saturated rings. The molecule has 2 unspecified atom stereocenters. The van der Waals surface area contributed by atoms with E-state index in [2.05, 4.69) is 59.7 Å². The molecule has 3 aliphatic rings. The summed E-state index contributed by atoms with van der Waals surface area (Å²) in [6.45, 7) is 7.96. The van der Waals surface area contributed by atoms with Crippen molar-refractivity contribution in [1.29, 1.82) is 0 Å². The number of carbonyl (C=O) groups excluding carboxylic acids is 1. The predicted octanol–water partition coefficient (Wildman–Crippen LogP) is 3.95. The zero-order valence-corrected chi connectivity index (χ0v) is 18.0. The minimum Gasteiger partial charge on any atom is -0.389 e. The molecule has 6 heteroatoms. The van der Waals surface area contributed by atoms with E-state index in [0.717, 1.165) is 32.4 Å². The van der Waals surface area contributed by atoms with Crippen LogP contribution >= 0.6 is 0 Å². The molecular formula is C24H30N4O2. The number of imidazole rings is 1. The van der Waals surface area contributed by atoms with Gasteiger partial charge < -0.3 is 14.3 Å². The first kappa shape index (κ1) is 19.3. The van der Waals surface area contributed by atoms with Crippen LogP contribution in [0.5, 0.6) is 0 Å². The van der Waals surface area contributed by atoms with Crippen LogP contribution in [0.1, 0.15) is 55.7 Å². The van der Waals surface area contributed by atoms with Crippen molar-refractivity contribution in [1.82, 2.24) is 14.5 Å². The van der Waals surface area contributed by atoms with Crippen molar-refractivity contribution in [3.05, 3.63) is 54.1 Å². The third-order valence-corrected chi connectivity index (χ3v) is 6.91. The number of benzene rings is 1. The summed E-state index contributed by atoms with van der Waals surface area (Å²) < 4.78 is 2.07. The lowest BCUT2D eigenvalue weighted by atomic mass is 9.98. The topological polar surface area (TPSA) is 59.7 Å². The van der Waals surface area contributed by atoms with Crippen LogP contribution in [0.4, 0.5) is 0 Å². The number of aryl methyl sites for hydroxylation is 1. The Morgan fingerprint density at radius 1 is 1.23 bits per heavy atom. The van der Waals surface area contributed by atoms with Gasteiger partial charge in [0.25, 0.3) is 5.91 Å². The molecule has 30 heavy (non-hydrogen) atoms. The Hall–Kier alpha value is -2.63. The quantitative estimate of drug-likeness (QED) is 0.730. The number of hydrogen-bond donors (Lipinski definition) is 0. The van der Waals surface area contributed by atoms with Crippen molar-refractivity contribution in [3.63, 3.8) is 0 Å². The standard InChI is InChI=1S/C24H30N4O2/c1-16(9-10-17-7-5-4-6-8-17)28-14-21(25-15-28)23(29)27-12-18-19(13-27)22(18)20-11-24(2,3)30-26-20/h4-8,14-16,18-19,22H,9-13H2,1-3H3/t16-,18?,19?,22?/m0/s1.